The molecule has 0 radical (unpaired) electrons. The summed E-state index contributed by atoms with van der Waals surface area (Å²) in [6, 6.07) is 2.46. The summed E-state index contributed by atoms with van der Waals surface area (Å²) < 4.78 is 56.9. The number of thioether (sulfide) groups is 1. The molecule has 4 N–H and O–H groups in total. The van der Waals surface area contributed by atoms with Crippen molar-refractivity contribution in [1.29, 1.82) is 0 Å². The Balaban J connectivity index is 1.71. The third-order valence-electron chi connectivity index (χ3n) is 5.33. The molecule has 0 bridgehead atoms. The van der Waals surface area contributed by atoms with E-state index in [-0.39, 0.29) is 11.3 Å². The highest BCUT2D eigenvalue weighted by Gasteiger charge is 2.48. The Morgan fingerprint density at radius 2 is 1.95 bits per heavy atom. The maximum absolute atomic E-state index is 14.0. The van der Waals surface area contributed by atoms with Crippen LogP contribution in [0.4, 0.5) is 8.78 Å². The average molecular weight is 660 g/mol. The summed E-state index contributed by atoms with van der Waals surface area (Å²) in [5, 5.41) is 28.1. The Morgan fingerprint density at radius 1 is 1.24 bits per heavy atom. The number of rotatable bonds is 9. The van der Waals surface area contributed by atoms with Gasteiger partial charge in [-0.25, -0.2) is 18.0 Å². The number of aliphatic hydroxyl groups excluding tert-OH is 2. The molecule has 3 aromatic rings. The maximum atomic E-state index is 14.0. The second-order valence-electron chi connectivity index (χ2n) is 7.87. The first-order valence-corrected chi connectivity index (χ1v) is 14.1. The molecule has 1 saturated heterocycles. The summed E-state index contributed by atoms with van der Waals surface area (Å²) in [6.07, 6.45) is 0.544. The fourth-order valence-corrected chi connectivity index (χ4v) is 5.64. The highest BCUT2D eigenvalue weighted by molar-refractivity contribution is 9.10. The number of phosphoric acid groups is 1. The highest BCUT2D eigenvalue weighted by atomic mass is 79.9. The molecule has 1 aromatic carbocycles. The van der Waals surface area contributed by atoms with E-state index >= 15 is 0 Å². The van der Waals surface area contributed by atoms with Crippen LogP contribution in [-0.2, 0) is 18.6 Å². The molecule has 2 aromatic heterocycles. The minimum Gasteiger partial charge on any atom is -0.394 e. The molecule has 3 heterocycles. The first kappa shape index (κ1) is 29.4. The first-order chi connectivity index (χ1) is 18.0. The molecule has 4 rings (SSSR count). The summed E-state index contributed by atoms with van der Waals surface area (Å²) >= 11 is 9.95. The molecule has 12 nitrogen and oxygen atoms in total. The van der Waals surface area contributed by atoms with Gasteiger partial charge in [-0.2, -0.15) is 0 Å². The van der Waals surface area contributed by atoms with E-state index in [9.17, 15) is 23.6 Å². The van der Waals surface area contributed by atoms with E-state index in [2.05, 4.69) is 35.7 Å². The zero-order valence-electron chi connectivity index (χ0n) is 18.8. The highest BCUT2D eigenvalue weighted by Crippen LogP contribution is 2.41. The van der Waals surface area contributed by atoms with Gasteiger partial charge < -0.3 is 29.5 Å². The van der Waals surface area contributed by atoms with Gasteiger partial charge >= 0.3 is 7.82 Å². The van der Waals surface area contributed by atoms with Crippen LogP contribution in [-0.4, -0.2) is 77.1 Å². The second-order valence-corrected chi connectivity index (χ2v) is 11.6. The molecule has 1 fully saturated rings. The molecule has 206 valence electrons. The number of halogens is 4. The van der Waals surface area contributed by atoms with Gasteiger partial charge in [0.1, 0.15) is 52.1 Å². The number of nitrogens with zero attached hydrogens (tertiary/aromatic N) is 4. The average Bonchev–Trinajstić information content (AvgIpc) is 3.33. The normalized spacial score (nSPS) is 24.1. The van der Waals surface area contributed by atoms with Gasteiger partial charge in [0.15, 0.2) is 6.79 Å². The molecule has 0 aliphatic carbocycles. The van der Waals surface area contributed by atoms with Crippen LogP contribution in [0, 0.1) is 11.6 Å². The summed E-state index contributed by atoms with van der Waals surface area (Å²) in [4.78, 5) is 22.8. The quantitative estimate of drug-likeness (QED) is 0.151. The molecule has 0 spiro atoms. The van der Waals surface area contributed by atoms with Crippen molar-refractivity contribution in [3.8, 4) is 11.3 Å². The molecule has 38 heavy (non-hydrogen) atoms. The van der Waals surface area contributed by atoms with Crippen LogP contribution < -0.4 is 0 Å². The van der Waals surface area contributed by atoms with Crippen LogP contribution in [0.3, 0.4) is 0 Å². The summed E-state index contributed by atoms with van der Waals surface area (Å²) in [5.74, 6) is -2.03. The number of ether oxygens (including phenoxy) is 2. The molecule has 1 aliphatic rings. The number of pyridine rings is 1. The van der Waals surface area contributed by atoms with Crippen LogP contribution in [0.25, 0.3) is 11.3 Å². The number of aliphatic hydroxyl groups is 2. The van der Waals surface area contributed by atoms with Gasteiger partial charge in [-0.05, 0) is 34.1 Å². The standard InChI is InChI=1S/C20H19BrClF2N4O8PS/c21-10-3-11(5-25-4-10)38-20-19(34-8-35-37(31,32)33)17(18(30)15(7-29)36-20)28-6-14(26-27-28)9-1-12(23)16(22)13(24)2-9/h1-6,15,17-20,29-30H,7-8H2,(H2,31,32,33)/t15?,17?,18-,19?,20+/m0/s1. The molecule has 0 saturated carbocycles. The lowest BCUT2D eigenvalue weighted by Crippen LogP contribution is -2.56. The minimum atomic E-state index is -4.91. The molecule has 18 heteroatoms. The van der Waals surface area contributed by atoms with Crippen molar-refractivity contribution in [2.24, 2.45) is 0 Å². The zero-order chi connectivity index (χ0) is 27.6. The molecule has 3 unspecified atom stereocenters. The predicted octanol–water partition coefficient (Wildman–Crippen LogP) is 2.90. The number of phosphoric ester groups is 1. The number of aromatic nitrogens is 4. The maximum Gasteiger partial charge on any atom is 0.471 e. The van der Waals surface area contributed by atoms with Crippen LogP contribution in [0.5, 0.6) is 0 Å². The van der Waals surface area contributed by atoms with E-state index in [1.165, 1.54) is 12.4 Å². The van der Waals surface area contributed by atoms with Crippen LogP contribution >= 0.6 is 47.1 Å². The summed E-state index contributed by atoms with van der Waals surface area (Å²) in [5.41, 5.74) is -0.969. The lowest BCUT2D eigenvalue weighted by molar-refractivity contribution is -0.207. The third kappa shape index (κ3) is 6.95. The Bertz CT molecular complexity index is 1320. The Kier molecular flexibility index (Phi) is 9.53. The van der Waals surface area contributed by atoms with Crippen molar-refractivity contribution in [2.75, 3.05) is 13.4 Å². The van der Waals surface area contributed by atoms with Crippen molar-refractivity contribution in [3.63, 3.8) is 0 Å². The monoisotopic (exact) mass is 658 g/mol. The van der Waals surface area contributed by atoms with E-state index in [1.807, 2.05) is 0 Å². The van der Waals surface area contributed by atoms with E-state index in [1.54, 1.807) is 12.3 Å². The topological polar surface area (TPSA) is 169 Å². The second kappa shape index (κ2) is 12.3. The summed E-state index contributed by atoms with van der Waals surface area (Å²) in [6.45, 7) is -1.50. The smallest absolute Gasteiger partial charge is 0.394 e. The van der Waals surface area contributed by atoms with E-state index in [0.29, 0.717) is 9.37 Å². The van der Waals surface area contributed by atoms with E-state index < -0.39 is 67.7 Å². The predicted molar refractivity (Wildman–Crippen MR) is 132 cm³/mol. The Morgan fingerprint density at radius 3 is 2.58 bits per heavy atom. The van der Waals surface area contributed by atoms with Gasteiger partial charge in [-0.3, -0.25) is 9.51 Å². The zero-order valence-corrected chi connectivity index (χ0v) is 22.9. The third-order valence-corrected chi connectivity index (χ3v) is 7.68. The van der Waals surface area contributed by atoms with E-state index in [0.717, 1.165) is 28.6 Å². The lowest BCUT2D eigenvalue weighted by atomic mass is 9.97. The Labute approximate surface area is 231 Å². The number of hydrogen-bond donors (Lipinski definition) is 4. The Hall–Kier alpha value is -1.56. The van der Waals surface area contributed by atoms with Crippen molar-refractivity contribution in [1.82, 2.24) is 20.0 Å². The molecule has 5 atom stereocenters. The first-order valence-electron chi connectivity index (χ1n) is 10.6. The van der Waals surface area contributed by atoms with Crippen molar-refractivity contribution >= 4 is 47.1 Å². The SMILES string of the molecule is O=P(O)(O)OCOC1C(n2cc(-c3cc(F)c(Cl)c(F)c3)nn2)[C@@H](O)C(CO)O[C@@H]1Sc1cncc(Br)c1. The van der Waals surface area contributed by atoms with Gasteiger partial charge in [-0.15, -0.1) is 5.10 Å². The van der Waals surface area contributed by atoms with Crippen LogP contribution in [0.2, 0.25) is 5.02 Å². The number of benzene rings is 1. The molecule has 0 amide bonds. The van der Waals surface area contributed by atoms with Gasteiger partial charge in [0.05, 0.1) is 12.8 Å². The fourth-order valence-electron chi connectivity index (χ4n) is 3.66. The number of hydrogen-bond acceptors (Lipinski definition) is 10. The van der Waals surface area contributed by atoms with Gasteiger partial charge in [0, 0.05) is 27.3 Å². The fraction of sp³-hybridized carbons (Fsp3) is 0.350. The van der Waals surface area contributed by atoms with E-state index in [4.69, 9.17) is 30.9 Å². The van der Waals surface area contributed by atoms with Crippen LogP contribution in [0.15, 0.2) is 46.2 Å². The van der Waals surface area contributed by atoms with Crippen molar-refractivity contribution in [2.45, 2.75) is 34.7 Å². The van der Waals surface area contributed by atoms with Gasteiger partial charge in [-0.1, -0.05) is 28.6 Å². The van der Waals surface area contributed by atoms with Crippen molar-refractivity contribution in [3.05, 3.63) is 57.9 Å². The molecular weight excluding hydrogens is 641 g/mol. The largest absolute Gasteiger partial charge is 0.471 e. The lowest BCUT2D eigenvalue weighted by Gasteiger charge is -2.43. The van der Waals surface area contributed by atoms with Gasteiger partial charge in [0.25, 0.3) is 0 Å². The minimum absolute atomic E-state index is 0.00402. The summed E-state index contributed by atoms with van der Waals surface area (Å²) in [7, 11) is -4.91. The van der Waals surface area contributed by atoms with Crippen molar-refractivity contribution < 1.29 is 47.3 Å². The molecular formula is C20H19BrClF2N4O8PS. The van der Waals surface area contributed by atoms with Gasteiger partial charge in [0.2, 0.25) is 0 Å². The molecule has 1 aliphatic heterocycles. The van der Waals surface area contributed by atoms with Crippen LogP contribution in [0.1, 0.15) is 6.04 Å².